The molecule has 0 aliphatic heterocycles. The number of hydrogen-bond acceptors (Lipinski definition) is 5. The number of amides is 1. The molecule has 6 nitrogen and oxygen atoms in total. The highest BCUT2D eigenvalue weighted by Gasteiger charge is 2.18. The Hall–Kier alpha value is -2.86. The summed E-state index contributed by atoms with van der Waals surface area (Å²) in [5.74, 6) is -0.929. The fourth-order valence-corrected chi connectivity index (χ4v) is 2.23. The minimum absolute atomic E-state index is 0.107. The molecule has 26 heavy (non-hydrogen) atoms. The molecule has 0 aliphatic carbocycles. The minimum atomic E-state index is -1.01. The summed E-state index contributed by atoms with van der Waals surface area (Å²) in [6.07, 6.45) is -1.01. The first-order valence-corrected chi connectivity index (χ1v) is 8.22. The average Bonchev–Trinajstić information content (AvgIpc) is 2.60. The van der Waals surface area contributed by atoms with Crippen LogP contribution >= 0.6 is 11.6 Å². The maximum atomic E-state index is 12.0. The van der Waals surface area contributed by atoms with Gasteiger partial charge < -0.3 is 14.8 Å². The van der Waals surface area contributed by atoms with Gasteiger partial charge in [-0.25, -0.2) is 4.79 Å². The number of nitrogens with one attached hydrogen (secondary N) is 1. The van der Waals surface area contributed by atoms with Gasteiger partial charge in [0.15, 0.2) is 18.5 Å². The van der Waals surface area contributed by atoms with Crippen molar-refractivity contribution in [2.45, 2.75) is 20.0 Å². The van der Waals surface area contributed by atoms with Crippen LogP contribution in [0.2, 0.25) is 5.02 Å². The Bertz CT molecular complexity index is 821. The van der Waals surface area contributed by atoms with Crippen molar-refractivity contribution in [1.82, 2.24) is 0 Å². The molecule has 0 unspecified atom stereocenters. The van der Waals surface area contributed by atoms with E-state index in [0.29, 0.717) is 22.0 Å². The summed E-state index contributed by atoms with van der Waals surface area (Å²) in [6.45, 7) is 2.51. The van der Waals surface area contributed by atoms with Gasteiger partial charge in [-0.2, -0.15) is 0 Å². The Balaban J connectivity index is 1.84. The van der Waals surface area contributed by atoms with E-state index in [-0.39, 0.29) is 12.4 Å². The summed E-state index contributed by atoms with van der Waals surface area (Å²) in [7, 11) is 0. The van der Waals surface area contributed by atoms with Crippen LogP contribution in [0.15, 0.2) is 48.5 Å². The molecular weight excluding hydrogens is 358 g/mol. The van der Waals surface area contributed by atoms with Crippen molar-refractivity contribution in [3.63, 3.8) is 0 Å². The third-order valence-electron chi connectivity index (χ3n) is 3.37. The van der Waals surface area contributed by atoms with E-state index in [1.807, 2.05) is 0 Å². The van der Waals surface area contributed by atoms with Crippen LogP contribution in [-0.2, 0) is 14.3 Å². The SMILES string of the molecule is CC(=O)c1cccc(OCC(=O)O[C@H](C)C(=O)Nc2cccc(Cl)c2)c1. The highest BCUT2D eigenvalue weighted by molar-refractivity contribution is 6.30. The maximum Gasteiger partial charge on any atom is 0.344 e. The van der Waals surface area contributed by atoms with Gasteiger partial charge in [0.05, 0.1) is 0 Å². The largest absolute Gasteiger partial charge is 0.482 e. The van der Waals surface area contributed by atoms with E-state index in [1.54, 1.807) is 42.5 Å². The van der Waals surface area contributed by atoms with Crippen LogP contribution in [0.1, 0.15) is 24.2 Å². The van der Waals surface area contributed by atoms with Crippen LogP contribution in [0.4, 0.5) is 5.69 Å². The topological polar surface area (TPSA) is 81.7 Å². The Labute approximate surface area is 156 Å². The van der Waals surface area contributed by atoms with Gasteiger partial charge in [0.2, 0.25) is 0 Å². The minimum Gasteiger partial charge on any atom is -0.482 e. The van der Waals surface area contributed by atoms with Gasteiger partial charge in [-0.15, -0.1) is 0 Å². The van der Waals surface area contributed by atoms with E-state index in [0.717, 1.165) is 0 Å². The fourth-order valence-electron chi connectivity index (χ4n) is 2.04. The quantitative estimate of drug-likeness (QED) is 0.591. The zero-order valence-electron chi connectivity index (χ0n) is 14.3. The van der Waals surface area contributed by atoms with Gasteiger partial charge in [0.1, 0.15) is 5.75 Å². The lowest BCUT2D eigenvalue weighted by atomic mass is 10.1. The molecule has 0 saturated heterocycles. The molecule has 1 N–H and O–H groups in total. The number of benzene rings is 2. The Kier molecular flexibility index (Phi) is 6.74. The van der Waals surface area contributed by atoms with Crippen molar-refractivity contribution in [2.24, 2.45) is 0 Å². The zero-order valence-corrected chi connectivity index (χ0v) is 15.1. The molecule has 7 heteroatoms. The van der Waals surface area contributed by atoms with Gasteiger partial charge >= 0.3 is 5.97 Å². The number of ketones is 1. The molecular formula is C19H18ClNO5. The summed E-state index contributed by atoms with van der Waals surface area (Å²) in [4.78, 5) is 35.2. The number of hydrogen-bond donors (Lipinski definition) is 1. The lowest BCUT2D eigenvalue weighted by molar-refractivity contribution is -0.155. The van der Waals surface area contributed by atoms with E-state index in [9.17, 15) is 14.4 Å². The maximum absolute atomic E-state index is 12.0. The van der Waals surface area contributed by atoms with Crippen molar-refractivity contribution >= 4 is 34.9 Å². The first-order valence-electron chi connectivity index (χ1n) is 7.85. The van der Waals surface area contributed by atoms with Crippen LogP contribution in [0.25, 0.3) is 0 Å². The first-order chi connectivity index (χ1) is 12.3. The fraction of sp³-hybridized carbons (Fsp3) is 0.211. The monoisotopic (exact) mass is 375 g/mol. The second kappa shape index (κ2) is 9.01. The van der Waals surface area contributed by atoms with Gasteiger partial charge in [-0.3, -0.25) is 9.59 Å². The predicted molar refractivity (Wildman–Crippen MR) is 97.6 cm³/mol. The summed E-state index contributed by atoms with van der Waals surface area (Å²) >= 11 is 5.85. The highest BCUT2D eigenvalue weighted by Crippen LogP contribution is 2.16. The molecule has 0 aliphatic rings. The smallest absolute Gasteiger partial charge is 0.344 e. The number of esters is 1. The second-order valence-electron chi connectivity index (χ2n) is 5.50. The van der Waals surface area contributed by atoms with E-state index in [4.69, 9.17) is 21.1 Å². The number of carbonyl (C=O) groups excluding carboxylic acids is 3. The molecule has 2 aromatic carbocycles. The Morgan fingerprint density at radius 3 is 2.54 bits per heavy atom. The molecule has 0 bridgehead atoms. The molecule has 0 heterocycles. The summed E-state index contributed by atoms with van der Waals surface area (Å²) in [5, 5.41) is 3.08. The van der Waals surface area contributed by atoms with Crippen molar-refractivity contribution in [3.05, 3.63) is 59.1 Å². The van der Waals surface area contributed by atoms with E-state index < -0.39 is 18.0 Å². The van der Waals surface area contributed by atoms with Crippen molar-refractivity contribution in [1.29, 1.82) is 0 Å². The van der Waals surface area contributed by atoms with Crippen LogP contribution in [0.3, 0.4) is 0 Å². The lowest BCUT2D eigenvalue weighted by Gasteiger charge is -2.14. The number of halogens is 1. The van der Waals surface area contributed by atoms with Gasteiger partial charge in [-0.05, 0) is 44.2 Å². The van der Waals surface area contributed by atoms with Gasteiger partial charge in [0.25, 0.3) is 5.91 Å². The van der Waals surface area contributed by atoms with Crippen molar-refractivity contribution in [3.8, 4) is 5.75 Å². The van der Waals surface area contributed by atoms with Crippen LogP contribution < -0.4 is 10.1 Å². The number of carbonyl (C=O) groups is 3. The molecule has 0 radical (unpaired) electrons. The third-order valence-corrected chi connectivity index (χ3v) is 3.60. The predicted octanol–water partition coefficient (Wildman–Crippen LogP) is 3.49. The molecule has 0 spiro atoms. The molecule has 0 aromatic heterocycles. The molecule has 2 aromatic rings. The van der Waals surface area contributed by atoms with Crippen molar-refractivity contribution < 1.29 is 23.9 Å². The van der Waals surface area contributed by atoms with E-state index in [2.05, 4.69) is 5.32 Å². The summed E-state index contributed by atoms with van der Waals surface area (Å²) in [5.41, 5.74) is 0.979. The Morgan fingerprint density at radius 2 is 1.85 bits per heavy atom. The molecule has 0 saturated carbocycles. The number of Topliss-reactive ketones (excluding diaryl/α,β-unsaturated/α-hetero) is 1. The summed E-state index contributed by atoms with van der Waals surface area (Å²) < 4.78 is 10.3. The summed E-state index contributed by atoms with van der Waals surface area (Å²) in [6, 6.07) is 13.1. The van der Waals surface area contributed by atoms with E-state index in [1.165, 1.54) is 19.9 Å². The standard InChI is InChI=1S/C19H18ClNO5/c1-12(22)14-5-3-8-17(9-14)25-11-18(23)26-13(2)19(24)21-16-7-4-6-15(20)10-16/h3-10,13H,11H2,1-2H3,(H,21,24)/t13-/m1/s1. The normalized spacial score (nSPS) is 11.3. The average molecular weight is 376 g/mol. The lowest BCUT2D eigenvalue weighted by Crippen LogP contribution is -2.31. The van der Waals surface area contributed by atoms with Gasteiger partial charge in [0, 0.05) is 16.3 Å². The Morgan fingerprint density at radius 1 is 1.12 bits per heavy atom. The number of anilines is 1. The van der Waals surface area contributed by atoms with Crippen LogP contribution in [0.5, 0.6) is 5.75 Å². The molecule has 136 valence electrons. The van der Waals surface area contributed by atoms with Crippen LogP contribution in [0, 0.1) is 0 Å². The third kappa shape index (κ3) is 5.89. The van der Waals surface area contributed by atoms with E-state index >= 15 is 0 Å². The number of rotatable bonds is 7. The molecule has 1 atom stereocenters. The molecule has 0 fully saturated rings. The van der Waals surface area contributed by atoms with Crippen LogP contribution in [-0.4, -0.2) is 30.4 Å². The molecule has 1 amide bonds. The van der Waals surface area contributed by atoms with Gasteiger partial charge in [-0.1, -0.05) is 29.8 Å². The first kappa shape index (κ1) is 19.5. The molecule has 2 rings (SSSR count). The van der Waals surface area contributed by atoms with Crippen molar-refractivity contribution in [2.75, 3.05) is 11.9 Å². The zero-order chi connectivity index (χ0) is 19.1. The number of ether oxygens (including phenoxy) is 2. The second-order valence-corrected chi connectivity index (χ2v) is 5.94. The highest BCUT2D eigenvalue weighted by atomic mass is 35.5.